The summed E-state index contributed by atoms with van der Waals surface area (Å²) in [4.78, 5) is 26.6. The maximum Gasteiger partial charge on any atom is 0.244 e. The molecule has 0 aliphatic carbocycles. The lowest BCUT2D eigenvalue weighted by Gasteiger charge is -2.20. The van der Waals surface area contributed by atoms with E-state index in [1.54, 1.807) is 0 Å². The molecular formula is C19H18ClFN2O2. The van der Waals surface area contributed by atoms with Crippen LogP contribution in [0.5, 0.6) is 0 Å². The Balaban J connectivity index is 1.82. The van der Waals surface area contributed by atoms with Gasteiger partial charge in [-0.2, -0.15) is 0 Å². The number of anilines is 2. The van der Waals surface area contributed by atoms with Gasteiger partial charge in [0.15, 0.2) is 0 Å². The minimum atomic E-state index is -0.680. The van der Waals surface area contributed by atoms with Crippen LogP contribution in [-0.2, 0) is 15.0 Å². The van der Waals surface area contributed by atoms with Crippen molar-refractivity contribution >= 4 is 34.8 Å². The second kappa shape index (κ2) is 6.15. The summed E-state index contributed by atoms with van der Waals surface area (Å²) in [5.74, 6) is -1.05. The van der Waals surface area contributed by atoms with E-state index in [0.29, 0.717) is 5.69 Å². The second-order valence-corrected chi connectivity index (χ2v) is 7.12. The van der Waals surface area contributed by atoms with Crippen molar-refractivity contribution in [3.63, 3.8) is 0 Å². The van der Waals surface area contributed by atoms with Gasteiger partial charge < -0.3 is 10.2 Å². The predicted octanol–water partition coefficient (Wildman–Crippen LogP) is 4.05. The highest BCUT2D eigenvalue weighted by molar-refractivity contribution is 6.31. The zero-order valence-electron chi connectivity index (χ0n) is 14.2. The summed E-state index contributed by atoms with van der Waals surface area (Å²) >= 11 is 5.72. The molecule has 1 N–H and O–H groups in total. The van der Waals surface area contributed by atoms with Crippen LogP contribution in [0.2, 0.25) is 5.02 Å². The maximum atomic E-state index is 13.2. The van der Waals surface area contributed by atoms with Crippen molar-refractivity contribution in [2.24, 2.45) is 0 Å². The van der Waals surface area contributed by atoms with Gasteiger partial charge in [0.05, 0.1) is 10.4 Å². The van der Waals surface area contributed by atoms with Crippen molar-refractivity contribution in [3.05, 3.63) is 58.4 Å². The average Bonchev–Trinajstić information content (AvgIpc) is 2.72. The standard InChI is InChI=1S/C19H18ClFN2O2/c1-11-4-7-16-13(8-11)19(2,3)18(25)23(16)10-17(24)22-12-5-6-15(21)14(20)9-12/h4-9H,10H2,1-3H3,(H,22,24). The van der Waals surface area contributed by atoms with Crippen LogP contribution < -0.4 is 10.2 Å². The number of hydrogen-bond acceptors (Lipinski definition) is 2. The molecule has 0 saturated heterocycles. The molecule has 0 atom stereocenters. The zero-order valence-corrected chi connectivity index (χ0v) is 14.9. The molecule has 1 heterocycles. The molecule has 0 radical (unpaired) electrons. The van der Waals surface area contributed by atoms with E-state index < -0.39 is 11.2 Å². The molecule has 2 amide bonds. The highest BCUT2D eigenvalue weighted by atomic mass is 35.5. The SMILES string of the molecule is Cc1ccc2c(c1)C(C)(C)C(=O)N2CC(=O)Nc1ccc(F)c(Cl)c1. The highest BCUT2D eigenvalue weighted by Crippen LogP contribution is 2.41. The number of carbonyl (C=O) groups is 2. The second-order valence-electron chi connectivity index (χ2n) is 6.71. The van der Waals surface area contributed by atoms with Crippen LogP contribution in [-0.4, -0.2) is 18.4 Å². The quantitative estimate of drug-likeness (QED) is 0.897. The molecule has 4 nitrogen and oxygen atoms in total. The number of nitrogens with one attached hydrogen (secondary N) is 1. The molecule has 0 fully saturated rings. The molecule has 1 aliphatic heterocycles. The number of rotatable bonds is 3. The minimum Gasteiger partial charge on any atom is -0.324 e. The Morgan fingerprint density at radius 1 is 1.24 bits per heavy atom. The maximum absolute atomic E-state index is 13.2. The number of hydrogen-bond donors (Lipinski definition) is 1. The fourth-order valence-electron chi connectivity index (χ4n) is 3.02. The molecule has 1 aliphatic rings. The van der Waals surface area contributed by atoms with Gasteiger partial charge in [-0.05, 0) is 50.6 Å². The van der Waals surface area contributed by atoms with Gasteiger partial charge in [-0.1, -0.05) is 29.3 Å². The molecule has 0 aromatic heterocycles. The van der Waals surface area contributed by atoms with Gasteiger partial charge in [-0.3, -0.25) is 9.59 Å². The van der Waals surface area contributed by atoms with Crippen LogP contribution >= 0.6 is 11.6 Å². The van der Waals surface area contributed by atoms with Gasteiger partial charge in [0.25, 0.3) is 0 Å². The van der Waals surface area contributed by atoms with Crippen molar-refractivity contribution < 1.29 is 14.0 Å². The number of halogens is 2. The van der Waals surface area contributed by atoms with Crippen molar-refractivity contribution in [1.82, 2.24) is 0 Å². The molecule has 3 rings (SSSR count). The summed E-state index contributed by atoms with van der Waals surface area (Å²) in [6.07, 6.45) is 0. The van der Waals surface area contributed by atoms with Crippen LogP contribution in [0.25, 0.3) is 0 Å². The topological polar surface area (TPSA) is 49.4 Å². The van der Waals surface area contributed by atoms with E-state index in [-0.39, 0.29) is 23.4 Å². The number of fused-ring (bicyclic) bond motifs is 1. The molecule has 0 bridgehead atoms. The Labute approximate surface area is 150 Å². The Hall–Kier alpha value is -2.40. The lowest BCUT2D eigenvalue weighted by Crippen LogP contribution is -2.40. The summed E-state index contributed by atoms with van der Waals surface area (Å²) < 4.78 is 13.2. The largest absolute Gasteiger partial charge is 0.324 e. The fourth-order valence-corrected chi connectivity index (χ4v) is 3.20. The molecule has 25 heavy (non-hydrogen) atoms. The third-order valence-electron chi connectivity index (χ3n) is 4.40. The fraction of sp³-hybridized carbons (Fsp3) is 0.263. The van der Waals surface area contributed by atoms with Gasteiger partial charge in [0, 0.05) is 11.4 Å². The zero-order chi connectivity index (χ0) is 18.4. The van der Waals surface area contributed by atoms with E-state index in [1.165, 1.54) is 23.1 Å². The average molecular weight is 361 g/mol. The summed E-state index contributed by atoms with van der Waals surface area (Å²) in [7, 11) is 0. The summed E-state index contributed by atoms with van der Waals surface area (Å²) in [6, 6.07) is 9.69. The molecular weight excluding hydrogens is 343 g/mol. The monoisotopic (exact) mass is 360 g/mol. The molecule has 0 unspecified atom stereocenters. The Morgan fingerprint density at radius 2 is 1.96 bits per heavy atom. The number of amides is 2. The molecule has 130 valence electrons. The summed E-state index contributed by atoms with van der Waals surface area (Å²) in [6.45, 7) is 5.55. The number of carbonyl (C=O) groups excluding carboxylic acids is 2. The molecule has 0 spiro atoms. The minimum absolute atomic E-state index is 0.0722. The van der Waals surface area contributed by atoms with Crippen molar-refractivity contribution in [3.8, 4) is 0 Å². The lowest BCUT2D eigenvalue weighted by molar-refractivity contribution is -0.124. The van der Waals surface area contributed by atoms with Crippen LogP contribution in [0, 0.1) is 12.7 Å². The predicted molar refractivity (Wildman–Crippen MR) is 96.6 cm³/mol. The molecule has 2 aromatic rings. The number of aryl methyl sites for hydroxylation is 1. The first-order valence-corrected chi connectivity index (χ1v) is 8.26. The first kappa shape index (κ1) is 17.4. The highest BCUT2D eigenvalue weighted by Gasteiger charge is 2.44. The first-order valence-electron chi connectivity index (χ1n) is 7.88. The Kier molecular flexibility index (Phi) is 4.29. The van der Waals surface area contributed by atoms with Crippen LogP contribution in [0.1, 0.15) is 25.0 Å². The third kappa shape index (κ3) is 3.12. The van der Waals surface area contributed by atoms with Crippen molar-refractivity contribution in [2.45, 2.75) is 26.2 Å². The van der Waals surface area contributed by atoms with E-state index in [4.69, 9.17) is 11.6 Å². The van der Waals surface area contributed by atoms with E-state index in [0.717, 1.165) is 16.8 Å². The smallest absolute Gasteiger partial charge is 0.244 e. The van der Waals surface area contributed by atoms with Crippen LogP contribution in [0.3, 0.4) is 0 Å². The van der Waals surface area contributed by atoms with Crippen LogP contribution in [0.4, 0.5) is 15.8 Å². The number of benzene rings is 2. The van der Waals surface area contributed by atoms with Gasteiger partial charge in [-0.15, -0.1) is 0 Å². The normalized spacial score (nSPS) is 15.2. The summed E-state index contributed by atoms with van der Waals surface area (Å²) in [5, 5.41) is 2.57. The van der Waals surface area contributed by atoms with Crippen molar-refractivity contribution in [2.75, 3.05) is 16.8 Å². The van der Waals surface area contributed by atoms with Gasteiger partial charge in [-0.25, -0.2) is 4.39 Å². The van der Waals surface area contributed by atoms with Gasteiger partial charge >= 0.3 is 0 Å². The van der Waals surface area contributed by atoms with Crippen LogP contribution in [0.15, 0.2) is 36.4 Å². The third-order valence-corrected chi connectivity index (χ3v) is 4.69. The Bertz CT molecular complexity index is 880. The van der Waals surface area contributed by atoms with E-state index >= 15 is 0 Å². The summed E-state index contributed by atoms with van der Waals surface area (Å²) in [5.41, 5.74) is 2.42. The van der Waals surface area contributed by atoms with Crippen molar-refractivity contribution in [1.29, 1.82) is 0 Å². The van der Waals surface area contributed by atoms with E-state index in [9.17, 15) is 14.0 Å². The Morgan fingerprint density at radius 3 is 2.64 bits per heavy atom. The van der Waals surface area contributed by atoms with E-state index in [1.807, 2.05) is 39.0 Å². The van der Waals surface area contributed by atoms with E-state index in [2.05, 4.69) is 5.32 Å². The first-order chi connectivity index (χ1) is 11.7. The molecule has 2 aromatic carbocycles. The van der Waals surface area contributed by atoms with Gasteiger partial charge in [0.1, 0.15) is 12.4 Å². The molecule has 6 heteroatoms. The lowest BCUT2D eigenvalue weighted by atomic mass is 9.85. The number of nitrogens with zero attached hydrogens (tertiary/aromatic N) is 1. The van der Waals surface area contributed by atoms with Gasteiger partial charge in [0.2, 0.25) is 11.8 Å². The molecule has 0 saturated carbocycles.